The molecule has 3 aromatic rings. The number of carbonyl (C=O) groups excluding carboxylic acids is 3. The summed E-state index contributed by atoms with van der Waals surface area (Å²) < 4.78 is 105. The molecular formula is C30H30F7N5O4. The Morgan fingerprint density at radius 2 is 1.63 bits per heavy atom. The van der Waals surface area contributed by atoms with Gasteiger partial charge in [-0.25, -0.2) is 27.3 Å². The largest absolute Gasteiger partial charge is 0.449 e. The number of carbonyl (C=O) groups is 3. The van der Waals surface area contributed by atoms with Crippen LogP contribution in [0, 0.1) is 23.3 Å². The number of rotatable bonds is 7. The quantitative estimate of drug-likeness (QED) is 0.241. The third kappa shape index (κ3) is 8.14. The van der Waals surface area contributed by atoms with Gasteiger partial charge in [0.15, 0.2) is 11.6 Å². The zero-order valence-electron chi connectivity index (χ0n) is 25.1. The summed E-state index contributed by atoms with van der Waals surface area (Å²) in [7, 11) is 0. The molecule has 248 valence electrons. The lowest BCUT2D eigenvalue weighted by Gasteiger charge is -2.31. The number of ether oxygens (including phenoxy) is 1. The van der Waals surface area contributed by atoms with Crippen molar-refractivity contribution in [3.05, 3.63) is 70.7 Å². The van der Waals surface area contributed by atoms with Crippen LogP contribution in [0.2, 0.25) is 0 Å². The first-order valence-electron chi connectivity index (χ1n) is 14.0. The average molecular weight is 658 g/mol. The number of imidazole rings is 1. The molecule has 2 N–H and O–H groups in total. The van der Waals surface area contributed by atoms with Crippen LogP contribution in [0.3, 0.4) is 0 Å². The number of nitrogens with one attached hydrogen (secondary N) is 2. The van der Waals surface area contributed by atoms with Gasteiger partial charge in [-0.1, -0.05) is 6.07 Å². The summed E-state index contributed by atoms with van der Waals surface area (Å²) in [4.78, 5) is 42.3. The number of aromatic nitrogens is 2. The van der Waals surface area contributed by atoms with Crippen LogP contribution in [0.15, 0.2) is 30.3 Å². The minimum atomic E-state index is -4.88. The molecule has 0 aliphatic carbocycles. The standard InChI is InChI=1S/C30H30F7N5O4/c1-15(43)38-23-6-5-16(10-22(23)34)26-24-14-41(7-8-42(24)27(40-26)30(35,36)37)25(44)12-18(39-28(45)46-29(2,3)4)9-17-11-20(32)21(33)13-19(17)31/h5-6,10-11,13,18H,7-9,12,14H2,1-4H3,(H,38,43)(H,39,45). The van der Waals surface area contributed by atoms with Crippen LogP contribution >= 0.6 is 0 Å². The van der Waals surface area contributed by atoms with Crippen LogP contribution in [-0.2, 0) is 40.0 Å². The fourth-order valence-corrected chi connectivity index (χ4v) is 4.96. The molecule has 0 bridgehead atoms. The van der Waals surface area contributed by atoms with Crippen molar-refractivity contribution < 1.29 is 49.9 Å². The van der Waals surface area contributed by atoms with E-state index in [0.717, 1.165) is 17.6 Å². The average Bonchev–Trinajstić information content (AvgIpc) is 3.31. The Morgan fingerprint density at radius 3 is 2.24 bits per heavy atom. The van der Waals surface area contributed by atoms with Gasteiger partial charge in [0, 0.05) is 44.1 Å². The van der Waals surface area contributed by atoms with E-state index in [4.69, 9.17) is 4.74 Å². The van der Waals surface area contributed by atoms with Crippen molar-refractivity contribution in [3.8, 4) is 11.3 Å². The van der Waals surface area contributed by atoms with Gasteiger partial charge in [-0.2, -0.15) is 13.2 Å². The highest BCUT2D eigenvalue weighted by molar-refractivity contribution is 5.89. The van der Waals surface area contributed by atoms with Crippen molar-refractivity contribution in [3.63, 3.8) is 0 Å². The van der Waals surface area contributed by atoms with Crippen LogP contribution in [0.5, 0.6) is 0 Å². The Hall–Kier alpha value is -4.63. The Morgan fingerprint density at radius 1 is 0.957 bits per heavy atom. The summed E-state index contributed by atoms with van der Waals surface area (Å²) >= 11 is 0. The number of benzene rings is 2. The van der Waals surface area contributed by atoms with E-state index in [1.807, 2.05) is 0 Å². The van der Waals surface area contributed by atoms with Crippen molar-refractivity contribution in [2.45, 2.75) is 71.4 Å². The van der Waals surface area contributed by atoms with Crippen molar-refractivity contribution in [1.29, 1.82) is 0 Å². The molecule has 9 nitrogen and oxygen atoms in total. The summed E-state index contributed by atoms with van der Waals surface area (Å²) in [5.74, 6) is -7.32. The van der Waals surface area contributed by atoms with E-state index in [9.17, 15) is 45.1 Å². The third-order valence-corrected chi connectivity index (χ3v) is 6.86. The van der Waals surface area contributed by atoms with Crippen LogP contribution < -0.4 is 10.6 Å². The normalized spacial score (nSPS) is 14.0. The van der Waals surface area contributed by atoms with Gasteiger partial charge in [-0.15, -0.1) is 0 Å². The second-order valence-corrected chi connectivity index (χ2v) is 11.7. The molecule has 0 saturated heterocycles. The van der Waals surface area contributed by atoms with Crippen molar-refractivity contribution in [2.24, 2.45) is 0 Å². The first-order valence-corrected chi connectivity index (χ1v) is 14.0. The molecule has 0 fully saturated rings. The number of nitrogens with zero attached hydrogens (tertiary/aromatic N) is 3. The second kappa shape index (κ2) is 13.0. The van der Waals surface area contributed by atoms with Gasteiger partial charge in [0.25, 0.3) is 0 Å². The molecular weight excluding hydrogens is 627 g/mol. The SMILES string of the molecule is CC(=O)Nc1ccc(-c2nc(C(F)(F)F)n3c2CN(C(=O)CC(Cc2cc(F)c(F)cc2F)NC(=O)OC(C)(C)C)CC3)cc1F. The lowest BCUT2D eigenvalue weighted by Crippen LogP contribution is -2.45. The maximum atomic E-state index is 14.7. The number of alkyl carbamates (subject to hydrolysis) is 1. The molecule has 1 unspecified atom stereocenters. The highest BCUT2D eigenvalue weighted by Gasteiger charge is 2.41. The van der Waals surface area contributed by atoms with Gasteiger partial charge in [-0.3, -0.25) is 9.59 Å². The number of amides is 3. The predicted octanol–water partition coefficient (Wildman–Crippen LogP) is 5.95. The van der Waals surface area contributed by atoms with Crippen LogP contribution in [0.4, 0.5) is 41.2 Å². The molecule has 1 aromatic heterocycles. The molecule has 2 aromatic carbocycles. The molecule has 2 heterocycles. The van der Waals surface area contributed by atoms with E-state index in [2.05, 4.69) is 15.6 Å². The molecule has 0 radical (unpaired) electrons. The predicted molar refractivity (Wildman–Crippen MR) is 150 cm³/mol. The molecule has 1 aliphatic rings. The summed E-state index contributed by atoms with van der Waals surface area (Å²) in [6, 6.07) is 3.08. The van der Waals surface area contributed by atoms with E-state index >= 15 is 0 Å². The molecule has 0 spiro atoms. The molecule has 4 rings (SSSR count). The van der Waals surface area contributed by atoms with E-state index in [1.54, 1.807) is 20.8 Å². The van der Waals surface area contributed by atoms with Crippen LogP contribution in [0.1, 0.15) is 51.2 Å². The maximum Gasteiger partial charge on any atom is 0.449 e. The fraction of sp³-hybridized carbons (Fsp3) is 0.400. The topological polar surface area (TPSA) is 106 Å². The zero-order valence-corrected chi connectivity index (χ0v) is 25.1. The molecule has 16 heteroatoms. The minimum Gasteiger partial charge on any atom is -0.444 e. The van der Waals surface area contributed by atoms with Gasteiger partial charge >= 0.3 is 12.3 Å². The zero-order chi connectivity index (χ0) is 34.1. The van der Waals surface area contributed by atoms with E-state index < -0.39 is 84.2 Å². The van der Waals surface area contributed by atoms with Crippen LogP contribution in [-0.4, -0.2) is 50.5 Å². The van der Waals surface area contributed by atoms with Crippen molar-refractivity contribution in [2.75, 3.05) is 11.9 Å². The Labute approximate surface area is 258 Å². The lowest BCUT2D eigenvalue weighted by molar-refractivity contribution is -0.148. The smallest absolute Gasteiger partial charge is 0.444 e. The molecule has 3 amide bonds. The Balaban J connectivity index is 1.63. The minimum absolute atomic E-state index is 0.0431. The second-order valence-electron chi connectivity index (χ2n) is 11.7. The van der Waals surface area contributed by atoms with Gasteiger partial charge in [-0.05, 0) is 51.0 Å². The lowest BCUT2D eigenvalue weighted by atomic mass is 10.0. The van der Waals surface area contributed by atoms with Gasteiger partial charge < -0.3 is 24.8 Å². The number of fused-ring (bicyclic) bond motifs is 1. The molecule has 0 saturated carbocycles. The molecule has 46 heavy (non-hydrogen) atoms. The van der Waals surface area contributed by atoms with Gasteiger partial charge in [0.2, 0.25) is 17.6 Å². The number of anilines is 1. The number of hydrogen-bond acceptors (Lipinski definition) is 5. The third-order valence-electron chi connectivity index (χ3n) is 6.86. The number of alkyl halides is 3. The summed E-state index contributed by atoms with van der Waals surface area (Å²) in [5, 5.41) is 4.69. The monoisotopic (exact) mass is 657 g/mol. The Bertz CT molecular complexity index is 1670. The van der Waals surface area contributed by atoms with Gasteiger partial charge in [0.05, 0.1) is 23.6 Å². The van der Waals surface area contributed by atoms with E-state index in [0.29, 0.717) is 12.1 Å². The first-order chi connectivity index (χ1) is 21.3. The van der Waals surface area contributed by atoms with Gasteiger partial charge in [0.1, 0.15) is 17.2 Å². The highest BCUT2D eigenvalue weighted by Crippen LogP contribution is 2.37. The molecule has 1 atom stereocenters. The summed E-state index contributed by atoms with van der Waals surface area (Å²) in [6.45, 7) is 4.93. The highest BCUT2D eigenvalue weighted by atomic mass is 19.4. The Kier molecular flexibility index (Phi) is 9.68. The first kappa shape index (κ1) is 34.2. The van der Waals surface area contributed by atoms with Crippen LogP contribution in [0.25, 0.3) is 11.3 Å². The summed E-state index contributed by atoms with van der Waals surface area (Å²) in [5.41, 5.74) is -1.83. The van der Waals surface area contributed by atoms with E-state index in [-0.39, 0.29) is 41.3 Å². The van der Waals surface area contributed by atoms with Crippen molar-refractivity contribution >= 4 is 23.6 Å². The molecule has 1 aliphatic heterocycles. The maximum absolute atomic E-state index is 14.7. The number of hydrogen-bond donors (Lipinski definition) is 2. The number of halogens is 7. The van der Waals surface area contributed by atoms with Crippen molar-refractivity contribution in [1.82, 2.24) is 19.8 Å². The van der Waals surface area contributed by atoms with E-state index in [1.165, 1.54) is 17.0 Å². The fourth-order valence-electron chi connectivity index (χ4n) is 4.96. The summed E-state index contributed by atoms with van der Waals surface area (Å²) in [6.07, 6.45) is -6.84.